The van der Waals surface area contributed by atoms with Gasteiger partial charge in [0.05, 0.1) is 16.3 Å². The Kier molecular flexibility index (Phi) is 5.55. The van der Waals surface area contributed by atoms with Crippen LogP contribution in [0.15, 0.2) is 64.4 Å². The van der Waals surface area contributed by atoms with Gasteiger partial charge in [0.15, 0.2) is 0 Å². The number of hydrogen-bond donors (Lipinski definition) is 0. The van der Waals surface area contributed by atoms with E-state index in [9.17, 15) is 5.26 Å². The zero-order valence-electron chi connectivity index (χ0n) is 15.3. The van der Waals surface area contributed by atoms with Gasteiger partial charge in [-0.1, -0.05) is 53.0 Å². The predicted octanol–water partition coefficient (Wildman–Crippen LogP) is 7.75. The first-order valence-corrected chi connectivity index (χ1v) is 10.4. The fraction of sp³-hybridized carbons (Fsp3) is 0.0435. The largest absolute Gasteiger partial charge is 0.457 e. The van der Waals surface area contributed by atoms with Crippen LogP contribution in [0.3, 0.4) is 0 Å². The highest BCUT2D eigenvalue weighted by molar-refractivity contribution is 7.11. The maximum Gasteiger partial charge on any atom is 0.136 e. The Hall–Kier alpha value is -2.84. The molecule has 0 amide bonds. The minimum atomic E-state index is 0.437. The van der Waals surface area contributed by atoms with Crippen LogP contribution in [0, 0.1) is 18.3 Å². The van der Waals surface area contributed by atoms with E-state index in [0.717, 1.165) is 11.3 Å². The fourth-order valence-electron chi connectivity index (χ4n) is 2.80. The van der Waals surface area contributed by atoms with E-state index < -0.39 is 0 Å². The van der Waals surface area contributed by atoms with Gasteiger partial charge in [0, 0.05) is 27.6 Å². The molecule has 0 saturated heterocycles. The van der Waals surface area contributed by atoms with Gasteiger partial charge < -0.3 is 4.42 Å². The molecule has 0 fully saturated rings. The number of thiazole rings is 1. The summed E-state index contributed by atoms with van der Waals surface area (Å²) in [6.07, 6.45) is 1.68. The summed E-state index contributed by atoms with van der Waals surface area (Å²) >= 11 is 13.7. The summed E-state index contributed by atoms with van der Waals surface area (Å²) in [5.41, 5.74) is 4.19. The molecule has 0 aliphatic heterocycles. The van der Waals surface area contributed by atoms with Crippen molar-refractivity contribution in [2.45, 2.75) is 6.92 Å². The SMILES string of the molecule is Cc1ccc(-c2csc(C(C#N)=Cc3ccc(-c4cc(Cl)ccc4Cl)o3)n2)cc1. The molecule has 0 radical (unpaired) electrons. The Balaban J connectivity index is 1.64. The molecular formula is C23H14Cl2N2OS. The number of nitrogens with zero attached hydrogens (tertiary/aromatic N) is 2. The number of furan rings is 1. The summed E-state index contributed by atoms with van der Waals surface area (Å²) in [6.45, 7) is 2.04. The Bertz CT molecular complexity index is 1250. The van der Waals surface area contributed by atoms with Crippen LogP contribution in [0.2, 0.25) is 10.0 Å². The molecule has 29 heavy (non-hydrogen) atoms. The van der Waals surface area contributed by atoms with Crippen LogP contribution >= 0.6 is 34.5 Å². The second-order valence-corrected chi connectivity index (χ2v) is 8.10. The van der Waals surface area contributed by atoms with Crippen molar-refractivity contribution in [1.29, 1.82) is 5.26 Å². The normalized spacial score (nSPS) is 11.4. The summed E-state index contributed by atoms with van der Waals surface area (Å²) in [5.74, 6) is 1.13. The monoisotopic (exact) mass is 436 g/mol. The van der Waals surface area contributed by atoms with Crippen molar-refractivity contribution < 1.29 is 4.42 Å². The van der Waals surface area contributed by atoms with E-state index >= 15 is 0 Å². The third-order valence-corrected chi connectivity index (χ3v) is 5.75. The lowest BCUT2D eigenvalue weighted by Crippen LogP contribution is -1.82. The van der Waals surface area contributed by atoms with Gasteiger partial charge >= 0.3 is 0 Å². The highest BCUT2D eigenvalue weighted by Crippen LogP contribution is 2.33. The average molecular weight is 437 g/mol. The number of hydrogen-bond acceptors (Lipinski definition) is 4. The van der Waals surface area contributed by atoms with E-state index in [1.807, 2.05) is 36.6 Å². The highest BCUT2D eigenvalue weighted by Gasteiger charge is 2.12. The summed E-state index contributed by atoms with van der Waals surface area (Å²) in [4.78, 5) is 4.62. The summed E-state index contributed by atoms with van der Waals surface area (Å²) in [7, 11) is 0. The lowest BCUT2D eigenvalue weighted by Gasteiger charge is -2.01. The molecule has 4 aromatic rings. The van der Waals surface area contributed by atoms with E-state index in [1.54, 1.807) is 36.4 Å². The molecule has 4 rings (SSSR count). The fourth-order valence-corrected chi connectivity index (χ4v) is 3.98. The van der Waals surface area contributed by atoms with E-state index in [2.05, 4.69) is 11.1 Å². The molecule has 0 unspecified atom stereocenters. The molecule has 0 aliphatic rings. The summed E-state index contributed by atoms with van der Waals surface area (Å²) in [5, 5.41) is 13.3. The Labute approximate surface area is 182 Å². The lowest BCUT2D eigenvalue weighted by atomic mass is 10.1. The van der Waals surface area contributed by atoms with E-state index in [-0.39, 0.29) is 0 Å². The Morgan fingerprint density at radius 1 is 1.10 bits per heavy atom. The van der Waals surface area contributed by atoms with E-state index in [0.29, 0.717) is 37.7 Å². The molecule has 3 nitrogen and oxygen atoms in total. The smallest absolute Gasteiger partial charge is 0.136 e. The first kappa shape index (κ1) is 19.5. The number of allylic oxidation sites excluding steroid dienone is 1. The molecule has 0 saturated carbocycles. The predicted molar refractivity (Wildman–Crippen MR) is 120 cm³/mol. The van der Waals surface area contributed by atoms with Crippen LogP contribution < -0.4 is 0 Å². The quantitative estimate of drug-likeness (QED) is 0.307. The number of rotatable bonds is 4. The van der Waals surface area contributed by atoms with Crippen molar-refractivity contribution in [3.05, 3.63) is 86.4 Å². The van der Waals surface area contributed by atoms with E-state index in [4.69, 9.17) is 27.6 Å². The average Bonchev–Trinajstić information content (AvgIpc) is 3.38. The van der Waals surface area contributed by atoms with Gasteiger partial charge in [-0.2, -0.15) is 5.26 Å². The molecule has 0 N–H and O–H groups in total. The Morgan fingerprint density at radius 3 is 2.66 bits per heavy atom. The summed E-state index contributed by atoms with van der Waals surface area (Å²) < 4.78 is 5.87. The van der Waals surface area contributed by atoms with Crippen molar-refractivity contribution in [2.24, 2.45) is 0 Å². The lowest BCUT2D eigenvalue weighted by molar-refractivity contribution is 0.572. The van der Waals surface area contributed by atoms with Gasteiger partial charge in [0.2, 0.25) is 0 Å². The number of benzene rings is 2. The zero-order valence-corrected chi connectivity index (χ0v) is 17.6. The van der Waals surface area contributed by atoms with Crippen LogP contribution in [0.4, 0.5) is 0 Å². The van der Waals surface area contributed by atoms with Crippen molar-refractivity contribution in [3.8, 4) is 28.7 Å². The topological polar surface area (TPSA) is 49.8 Å². The third-order valence-electron chi connectivity index (χ3n) is 4.31. The van der Waals surface area contributed by atoms with Gasteiger partial charge in [-0.3, -0.25) is 0 Å². The van der Waals surface area contributed by atoms with Gasteiger partial charge in [-0.25, -0.2) is 4.98 Å². The van der Waals surface area contributed by atoms with Crippen LogP contribution in [-0.2, 0) is 0 Å². The van der Waals surface area contributed by atoms with Crippen LogP contribution in [0.1, 0.15) is 16.3 Å². The van der Waals surface area contributed by atoms with Crippen LogP contribution in [0.25, 0.3) is 34.2 Å². The van der Waals surface area contributed by atoms with Gasteiger partial charge in [-0.05, 0) is 37.3 Å². The second kappa shape index (κ2) is 8.26. The molecule has 0 atom stereocenters. The van der Waals surface area contributed by atoms with Gasteiger partial charge in [0.1, 0.15) is 22.6 Å². The number of nitriles is 1. The maximum absolute atomic E-state index is 9.63. The molecule has 2 aromatic carbocycles. The second-order valence-electron chi connectivity index (χ2n) is 6.40. The maximum atomic E-state index is 9.63. The first-order valence-electron chi connectivity index (χ1n) is 8.73. The van der Waals surface area contributed by atoms with Gasteiger partial charge in [0.25, 0.3) is 0 Å². The Morgan fingerprint density at radius 2 is 1.90 bits per heavy atom. The molecule has 0 bridgehead atoms. The summed E-state index contributed by atoms with van der Waals surface area (Å²) in [6, 6.07) is 19.1. The molecule has 6 heteroatoms. The van der Waals surface area contributed by atoms with Crippen LogP contribution in [0.5, 0.6) is 0 Å². The third kappa shape index (κ3) is 4.28. The van der Waals surface area contributed by atoms with Crippen molar-refractivity contribution in [2.75, 3.05) is 0 Å². The molecule has 142 valence electrons. The van der Waals surface area contributed by atoms with Gasteiger partial charge in [-0.15, -0.1) is 11.3 Å². The highest BCUT2D eigenvalue weighted by atomic mass is 35.5. The molecule has 0 aliphatic carbocycles. The standard InChI is InChI=1S/C23H14Cl2N2OS/c1-14-2-4-15(5-3-14)21-13-29-23(27-21)16(12-26)10-18-7-9-22(28-18)19-11-17(24)6-8-20(19)25/h2-11,13H,1H3. The first-order chi connectivity index (χ1) is 14.0. The molecule has 2 aromatic heterocycles. The molecule has 0 spiro atoms. The minimum Gasteiger partial charge on any atom is -0.457 e. The molecule has 2 heterocycles. The van der Waals surface area contributed by atoms with E-state index in [1.165, 1.54) is 16.9 Å². The number of aryl methyl sites for hydroxylation is 1. The molecular weight excluding hydrogens is 423 g/mol. The van der Waals surface area contributed by atoms with Crippen LogP contribution in [-0.4, -0.2) is 4.98 Å². The number of halogens is 2. The minimum absolute atomic E-state index is 0.437. The van der Waals surface area contributed by atoms with Crippen molar-refractivity contribution in [1.82, 2.24) is 4.98 Å². The zero-order chi connectivity index (χ0) is 20.4. The van der Waals surface area contributed by atoms with Crippen molar-refractivity contribution >= 4 is 46.2 Å². The number of aromatic nitrogens is 1. The van der Waals surface area contributed by atoms with Crippen molar-refractivity contribution in [3.63, 3.8) is 0 Å².